The fraction of sp³-hybridized carbons (Fsp3) is 0.444. The van der Waals surface area contributed by atoms with Gasteiger partial charge in [-0.1, -0.05) is 50.1 Å². The third-order valence-electron chi connectivity index (χ3n) is 6.81. The molecule has 180 valence electrons. The van der Waals surface area contributed by atoms with E-state index in [2.05, 4.69) is 28.9 Å². The van der Waals surface area contributed by atoms with Crippen molar-refractivity contribution >= 4 is 28.8 Å². The minimum absolute atomic E-state index is 0.0806. The first kappa shape index (κ1) is 23.8. The highest BCUT2D eigenvalue weighted by atomic mass is 16.5. The number of anilines is 1. The number of ether oxygens (including phenoxy) is 1. The second-order valence-electron chi connectivity index (χ2n) is 9.10. The number of aryl methyl sites for hydroxylation is 1. The first-order valence-corrected chi connectivity index (χ1v) is 12.2. The van der Waals surface area contributed by atoms with Crippen LogP contribution in [-0.4, -0.2) is 33.8 Å². The number of carboxylic acids is 1. The molecule has 1 saturated carbocycles. The van der Waals surface area contributed by atoms with Gasteiger partial charge in [0.2, 0.25) is 0 Å². The molecular formula is C27H33N3O4. The number of methoxy groups -OCH3 is 1. The number of aliphatic carboxylic acids is 1. The molecule has 7 heteroatoms. The molecule has 34 heavy (non-hydrogen) atoms. The molecule has 3 aromatic rings. The van der Waals surface area contributed by atoms with Gasteiger partial charge in [0.1, 0.15) is 5.82 Å². The molecule has 2 atom stereocenters. The fourth-order valence-corrected chi connectivity index (χ4v) is 5.08. The van der Waals surface area contributed by atoms with Gasteiger partial charge in [-0.3, -0.25) is 10.1 Å². The zero-order valence-corrected chi connectivity index (χ0v) is 19.9. The maximum Gasteiger partial charge on any atom is 0.411 e. The maximum atomic E-state index is 12.0. The minimum Gasteiger partial charge on any atom is -0.481 e. The zero-order valence-electron chi connectivity index (χ0n) is 19.9. The van der Waals surface area contributed by atoms with E-state index in [1.807, 2.05) is 30.3 Å². The number of nitrogens with one attached hydrogen (secondary N) is 1. The molecule has 0 saturated heterocycles. The van der Waals surface area contributed by atoms with Gasteiger partial charge in [-0.2, -0.15) is 0 Å². The number of carbonyl (C=O) groups is 2. The van der Waals surface area contributed by atoms with Gasteiger partial charge in [-0.05, 0) is 49.8 Å². The van der Waals surface area contributed by atoms with Gasteiger partial charge >= 0.3 is 12.1 Å². The molecule has 0 spiro atoms. The summed E-state index contributed by atoms with van der Waals surface area (Å²) in [6, 6.07) is 14.2. The number of amides is 1. The lowest BCUT2D eigenvalue weighted by Crippen LogP contribution is -2.25. The molecule has 1 aliphatic rings. The van der Waals surface area contributed by atoms with Crippen molar-refractivity contribution in [2.45, 2.75) is 64.3 Å². The summed E-state index contributed by atoms with van der Waals surface area (Å²) >= 11 is 0. The molecule has 1 amide bonds. The number of hydrogen-bond acceptors (Lipinski definition) is 4. The largest absolute Gasteiger partial charge is 0.481 e. The van der Waals surface area contributed by atoms with E-state index in [1.165, 1.54) is 7.11 Å². The van der Waals surface area contributed by atoms with Crippen molar-refractivity contribution in [3.63, 3.8) is 0 Å². The Kier molecular flexibility index (Phi) is 7.50. The van der Waals surface area contributed by atoms with Crippen molar-refractivity contribution in [3.05, 3.63) is 59.4 Å². The van der Waals surface area contributed by atoms with E-state index in [0.29, 0.717) is 12.8 Å². The van der Waals surface area contributed by atoms with Crippen LogP contribution in [-0.2, 0) is 22.4 Å². The van der Waals surface area contributed by atoms with Crippen LogP contribution in [0.4, 0.5) is 10.5 Å². The average Bonchev–Trinajstić information content (AvgIpc) is 3.21. The molecular weight excluding hydrogens is 430 g/mol. The van der Waals surface area contributed by atoms with E-state index >= 15 is 0 Å². The highest BCUT2D eigenvalue weighted by Crippen LogP contribution is 2.38. The van der Waals surface area contributed by atoms with Crippen molar-refractivity contribution in [1.29, 1.82) is 0 Å². The molecule has 1 heterocycles. The lowest BCUT2D eigenvalue weighted by atomic mass is 9.85. The summed E-state index contributed by atoms with van der Waals surface area (Å²) in [5, 5.41) is 12.5. The normalized spacial score (nSPS) is 18.1. The van der Waals surface area contributed by atoms with Crippen LogP contribution < -0.4 is 5.32 Å². The molecule has 7 nitrogen and oxygen atoms in total. The Morgan fingerprint density at radius 3 is 2.68 bits per heavy atom. The lowest BCUT2D eigenvalue weighted by Gasteiger charge is -2.29. The van der Waals surface area contributed by atoms with E-state index in [1.54, 1.807) is 0 Å². The van der Waals surface area contributed by atoms with Gasteiger partial charge in [0.05, 0.1) is 24.1 Å². The SMILES string of the molecule is CCCCc1c(NC(=O)OC)ccc2c1nc(Cc1ccccc1)n2[C@@H]1CCC[C@@H](C(=O)O)C1. The van der Waals surface area contributed by atoms with Crippen molar-refractivity contribution < 1.29 is 19.4 Å². The van der Waals surface area contributed by atoms with E-state index < -0.39 is 12.1 Å². The molecule has 0 radical (unpaired) electrons. The first-order valence-electron chi connectivity index (χ1n) is 12.2. The Balaban J connectivity index is 1.85. The number of unbranched alkanes of at least 4 members (excludes halogenated alkanes) is 1. The maximum absolute atomic E-state index is 12.0. The van der Waals surface area contributed by atoms with E-state index in [4.69, 9.17) is 9.72 Å². The summed E-state index contributed by atoms with van der Waals surface area (Å²) in [5.41, 5.74) is 4.76. The Morgan fingerprint density at radius 2 is 1.97 bits per heavy atom. The number of hydrogen-bond donors (Lipinski definition) is 2. The van der Waals surface area contributed by atoms with Crippen molar-refractivity contribution in [2.75, 3.05) is 12.4 Å². The number of benzene rings is 2. The number of carboxylic acid groups (broad SMARTS) is 1. The average molecular weight is 464 g/mol. The number of nitrogens with zero attached hydrogens (tertiary/aromatic N) is 2. The topological polar surface area (TPSA) is 93.5 Å². The second kappa shape index (κ2) is 10.7. The summed E-state index contributed by atoms with van der Waals surface area (Å²) in [7, 11) is 1.36. The number of rotatable bonds is 8. The number of carbonyl (C=O) groups excluding carboxylic acids is 1. The van der Waals surface area contributed by atoms with Crippen LogP contribution in [0.2, 0.25) is 0 Å². The van der Waals surface area contributed by atoms with Crippen LogP contribution >= 0.6 is 0 Å². The fourth-order valence-electron chi connectivity index (χ4n) is 5.08. The number of imidazole rings is 1. The van der Waals surface area contributed by atoms with Gasteiger partial charge in [0.25, 0.3) is 0 Å². The van der Waals surface area contributed by atoms with Crippen LogP contribution in [0.3, 0.4) is 0 Å². The van der Waals surface area contributed by atoms with Gasteiger partial charge in [-0.15, -0.1) is 0 Å². The molecule has 1 fully saturated rings. The lowest BCUT2D eigenvalue weighted by molar-refractivity contribution is -0.143. The smallest absolute Gasteiger partial charge is 0.411 e. The molecule has 1 aromatic heterocycles. The Labute approximate surface area is 200 Å². The summed E-state index contributed by atoms with van der Waals surface area (Å²) in [6.45, 7) is 2.14. The third-order valence-corrected chi connectivity index (χ3v) is 6.81. The standard InChI is InChI=1S/C27H33N3O4/c1-3-4-13-21-22(28-27(33)34-2)14-15-23-25(21)29-24(16-18-9-6-5-7-10-18)30(23)20-12-8-11-19(17-20)26(31)32/h5-7,9-10,14-15,19-20H,3-4,8,11-13,16-17H2,1-2H3,(H,28,33)(H,31,32)/t19-,20-/m1/s1. The van der Waals surface area contributed by atoms with Crippen molar-refractivity contribution in [2.24, 2.45) is 5.92 Å². The van der Waals surface area contributed by atoms with Gasteiger partial charge in [0.15, 0.2) is 0 Å². The summed E-state index contributed by atoms with van der Waals surface area (Å²) < 4.78 is 7.10. The number of aromatic nitrogens is 2. The second-order valence-corrected chi connectivity index (χ2v) is 9.10. The van der Waals surface area contributed by atoms with E-state index in [-0.39, 0.29) is 12.0 Å². The molecule has 2 N–H and O–H groups in total. The van der Waals surface area contributed by atoms with Gasteiger partial charge in [-0.25, -0.2) is 9.78 Å². The van der Waals surface area contributed by atoms with Crippen LogP contribution in [0.25, 0.3) is 11.0 Å². The molecule has 0 aliphatic heterocycles. The highest BCUT2D eigenvalue weighted by Gasteiger charge is 2.31. The van der Waals surface area contributed by atoms with Crippen LogP contribution in [0, 0.1) is 5.92 Å². The van der Waals surface area contributed by atoms with Gasteiger partial charge < -0.3 is 14.4 Å². The Hall–Kier alpha value is -3.35. The Morgan fingerprint density at radius 1 is 1.18 bits per heavy atom. The molecule has 1 aliphatic carbocycles. The Bertz CT molecular complexity index is 1160. The predicted molar refractivity (Wildman–Crippen MR) is 132 cm³/mol. The van der Waals surface area contributed by atoms with Crippen molar-refractivity contribution in [3.8, 4) is 0 Å². The highest BCUT2D eigenvalue weighted by molar-refractivity contribution is 5.92. The van der Waals surface area contributed by atoms with Crippen LogP contribution in [0.5, 0.6) is 0 Å². The summed E-state index contributed by atoms with van der Waals surface area (Å²) in [5.74, 6) is -0.113. The molecule has 0 unspecified atom stereocenters. The third kappa shape index (κ3) is 5.08. The zero-order chi connectivity index (χ0) is 24.1. The van der Waals surface area contributed by atoms with Crippen LogP contribution in [0.15, 0.2) is 42.5 Å². The minimum atomic E-state index is -0.716. The summed E-state index contributed by atoms with van der Waals surface area (Å²) in [4.78, 5) is 28.9. The van der Waals surface area contributed by atoms with Crippen LogP contribution in [0.1, 0.15) is 68.4 Å². The first-order chi connectivity index (χ1) is 16.5. The van der Waals surface area contributed by atoms with Gasteiger partial charge in [0, 0.05) is 23.7 Å². The predicted octanol–water partition coefficient (Wildman–Crippen LogP) is 5.96. The van der Waals surface area contributed by atoms with E-state index in [0.717, 1.165) is 72.2 Å². The molecule has 0 bridgehead atoms. The quantitative estimate of drug-likeness (QED) is 0.430. The monoisotopic (exact) mass is 463 g/mol. The number of fused-ring (bicyclic) bond motifs is 1. The summed E-state index contributed by atoms with van der Waals surface area (Å²) in [6.07, 6.45) is 6.09. The molecule has 4 rings (SSSR count). The van der Waals surface area contributed by atoms with E-state index in [9.17, 15) is 14.7 Å². The van der Waals surface area contributed by atoms with Crippen molar-refractivity contribution in [1.82, 2.24) is 9.55 Å². The molecule has 2 aromatic carbocycles.